The Labute approximate surface area is 142 Å². The van der Waals surface area contributed by atoms with Gasteiger partial charge in [-0.3, -0.25) is 9.78 Å². The minimum atomic E-state index is -0.829. The number of hydrogen-bond acceptors (Lipinski definition) is 8. The van der Waals surface area contributed by atoms with Gasteiger partial charge in [0.15, 0.2) is 5.82 Å². The van der Waals surface area contributed by atoms with E-state index in [-0.39, 0.29) is 5.69 Å². The summed E-state index contributed by atoms with van der Waals surface area (Å²) < 4.78 is 22.6. The first kappa shape index (κ1) is 16.8. The summed E-state index contributed by atoms with van der Waals surface area (Å²) in [4.78, 5) is 26.5. The average Bonchev–Trinajstić information content (AvgIpc) is 2.95. The molecule has 0 bridgehead atoms. The molecule has 1 aliphatic rings. The second kappa shape index (κ2) is 6.81. The molecule has 8 nitrogen and oxygen atoms in total. The maximum absolute atomic E-state index is 13.4. The average molecular weight is 354 g/mol. The van der Waals surface area contributed by atoms with Crippen molar-refractivity contribution in [3.8, 4) is 0 Å². The van der Waals surface area contributed by atoms with Gasteiger partial charge < -0.3 is 14.5 Å². The van der Waals surface area contributed by atoms with Crippen LogP contribution in [0.1, 0.15) is 11.5 Å². The zero-order valence-electron chi connectivity index (χ0n) is 13.7. The molecule has 0 radical (unpaired) electrons. The largest absolute Gasteiger partial charge is 0.377 e. The molecule has 0 atom stereocenters. The third-order valence-corrected chi connectivity index (χ3v) is 4.68. The molecule has 1 aliphatic heterocycles. The summed E-state index contributed by atoms with van der Waals surface area (Å²) in [5.74, 6) is 0.669. The van der Waals surface area contributed by atoms with Gasteiger partial charge in [-0.05, 0) is 6.92 Å². The fourth-order valence-electron chi connectivity index (χ4n) is 2.61. The molecule has 0 saturated carbocycles. The quantitative estimate of drug-likeness (QED) is 0.820. The van der Waals surface area contributed by atoms with Crippen molar-refractivity contribution in [2.75, 3.05) is 43.6 Å². The van der Waals surface area contributed by atoms with E-state index >= 15 is 0 Å². The Morgan fingerprint density at radius 3 is 2.88 bits per heavy atom. The lowest BCUT2D eigenvalue weighted by Crippen LogP contribution is -2.51. The molecule has 24 heavy (non-hydrogen) atoms. The predicted octanol–water partition coefficient (Wildman–Crippen LogP) is 0.788. The maximum atomic E-state index is 13.4. The fourth-order valence-corrected chi connectivity index (χ4v) is 3.30. The van der Waals surface area contributed by atoms with Crippen LogP contribution in [-0.4, -0.2) is 53.1 Å². The number of nitrogens with zero attached hydrogens (tertiary/aromatic N) is 5. The number of H-pyrrole nitrogens is 1. The number of ether oxygens (including phenoxy) is 1. The van der Waals surface area contributed by atoms with Crippen molar-refractivity contribution in [1.29, 1.82) is 0 Å². The molecule has 0 spiro atoms. The lowest BCUT2D eigenvalue weighted by molar-refractivity contribution is 0.179. The fraction of sp³-hybridized carbons (Fsp3) is 0.571. The number of aryl methyl sites for hydroxylation is 1. The van der Waals surface area contributed by atoms with E-state index in [1.165, 1.54) is 18.5 Å². The second-order valence-corrected chi connectivity index (χ2v) is 6.60. The van der Waals surface area contributed by atoms with E-state index in [0.29, 0.717) is 30.8 Å². The van der Waals surface area contributed by atoms with E-state index in [1.54, 1.807) is 7.11 Å². The minimum Gasteiger partial charge on any atom is -0.377 e. The van der Waals surface area contributed by atoms with E-state index in [4.69, 9.17) is 4.74 Å². The molecule has 3 heterocycles. The predicted molar refractivity (Wildman–Crippen MR) is 89.1 cm³/mol. The lowest BCUT2D eigenvalue weighted by Gasteiger charge is -2.40. The summed E-state index contributed by atoms with van der Waals surface area (Å²) in [5, 5.41) is 0.894. The highest BCUT2D eigenvalue weighted by Gasteiger charge is 2.30. The molecule has 0 amide bonds. The van der Waals surface area contributed by atoms with E-state index in [9.17, 15) is 9.18 Å². The summed E-state index contributed by atoms with van der Waals surface area (Å²) >= 11 is 1.37. The third-order valence-electron chi connectivity index (χ3n) is 3.87. The van der Waals surface area contributed by atoms with Gasteiger partial charge in [0.05, 0.1) is 5.69 Å². The molecule has 3 rings (SSSR count). The Balaban J connectivity index is 1.56. The molecule has 10 heteroatoms. The topological polar surface area (TPSA) is 87.2 Å². The molecule has 1 N–H and O–H groups in total. The first-order valence-electron chi connectivity index (χ1n) is 7.52. The van der Waals surface area contributed by atoms with Crippen molar-refractivity contribution >= 4 is 22.6 Å². The van der Waals surface area contributed by atoms with Crippen molar-refractivity contribution in [2.24, 2.45) is 5.92 Å². The number of nitrogens with one attached hydrogen (secondary N) is 1. The van der Waals surface area contributed by atoms with Crippen LogP contribution >= 0.6 is 11.5 Å². The second-order valence-electron chi connectivity index (χ2n) is 5.87. The number of methoxy groups -OCH3 is 1. The molecule has 0 unspecified atom stereocenters. The number of halogens is 1. The maximum Gasteiger partial charge on any atom is 0.288 e. The Hall–Kier alpha value is -2.07. The van der Waals surface area contributed by atoms with Crippen LogP contribution in [0.25, 0.3) is 0 Å². The minimum absolute atomic E-state index is 0.107. The van der Waals surface area contributed by atoms with Crippen LogP contribution in [0.4, 0.5) is 15.5 Å². The highest BCUT2D eigenvalue weighted by molar-refractivity contribution is 7.09. The Bertz CT molecular complexity index is 773. The summed E-state index contributed by atoms with van der Waals surface area (Å²) in [6.45, 7) is 4.33. The smallest absolute Gasteiger partial charge is 0.288 e. The van der Waals surface area contributed by atoms with Crippen LogP contribution in [-0.2, 0) is 11.3 Å². The van der Waals surface area contributed by atoms with Crippen molar-refractivity contribution in [1.82, 2.24) is 19.3 Å². The van der Waals surface area contributed by atoms with Crippen LogP contribution in [0.5, 0.6) is 0 Å². The molecular formula is C14H19FN6O2S. The molecule has 2 aromatic heterocycles. The van der Waals surface area contributed by atoms with Crippen LogP contribution in [0, 0.1) is 18.7 Å². The molecule has 1 fully saturated rings. The molecule has 0 aliphatic carbocycles. The number of hydrogen-bond donors (Lipinski definition) is 1. The third kappa shape index (κ3) is 3.39. The summed E-state index contributed by atoms with van der Waals surface area (Å²) in [6, 6.07) is 0. The number of anilines is 2. The monoisotopic (exact) mass is 354 g/mol. The van der Waals surface area contributed by atoms with Gasteiger partial charge in [-0.15, -0.1) is 0 Å². The zero-order valence-corrected chi connectivity index (χ0v) is 14.6. The SMILES string of the molecule is COCc1nsc(N2CC(CN(C)c3nc(C)c(F)c(=O)[nH]3)C2)n1. The molecule has 2 aromatic rings. The van der Waals surface area contributed by atoms with Crippen molar-refractivity contribution < 1.29 is 9.13 Å². The molecule has 1 saturated heterocycles. The van der Waals surface area contributed by atoms with Crippen LogP contribution < -0.4 is 15.4 Å². The molecular weight excluding hydrogens is 335 g/mol. The van der Waals surface area contributed by atoms with E-state index < -0.39 is 11.4 Å². The molecule has 0 aromatic carbocycles. The van der Waals surface area contributed by atoms with E-state index in [2.05, 4.69) is 24.2 Å². The Morgan fingerprint density at radius 1 is 1.46 bits per heavy atom. The van der Waals surface area contributed by atoms with Gasteiger partial charge in [0.1, 0.15) is 6.61 Å². The van der Waals surface area contributed by atoms with Gasteiger partial charge in [-0.1, -0.05) is 0 Å². The summed E-state index contributed by atoms with van der Waals surface area (Å²) in [5.41, 5.74) is -0.630. The number of aromatic amines is 1. The van der Waals surface area contributed by atoms with Crippen LogP contribution in [0.2, 0.25) is 0 Å². The van der Waals surface area contributed by atoms with E-state index in [0.717, 1.165) is 18.2 Å². The van der Waals surface area contributed by atoms with Gasteiger partial charge in [0.2, 0.25) is 16.9 Å². The van der Waals surface area contributed by atoms with Gasteiger partial charge in [0.25, 0.3) is 5.56 Å². The highest BCUT2D eigenvalue weighted by atomic mass is 32.1. The van der Waals surface area contributed by atoms with Gasteiger partial charge in [-0.2, -0.15) is 8.76 Å². The standard InChI is InChI=1S/C14H19FN6O2S/c1-8-11(15)12(22)18-13(16-8)20(2)4-9-5-21(6-9)14-17-10(7-23-3)19-24-14/h9H,4-7H2,1-3H3,(H,16,18,22). The van der Waals surface area contributed by atoms with Crippen molar-refractivity contribution in [3.63, 3.8) is 0 Å². The van der Waals surface area contributed by atoms with E-state index in [1.807, 2.05) is 11.9 Å². The Morgan fingerprint density at radius 2 is 2.21 bits per heavy atom. The van der Waals surface area contributed by atoms with Crippen molar-refractivity contribution in [2.45, 2.75) is 13.5 Å². The summed E-state index contributed by atoms with van der Waals surface area (Å²) in [7, 11) is 3.45. The van der Waals surface area contributed by atoms with Crippen LogP contribution in [0.15, 0.2) is 4.79 Å². The number of rotatable bonds is 6. The van der Waals surface area contributed by atoms with Crippen molar-refractivity contribution in [3.05, 3.63) is 27.7 Å². The first-order chi connectivity index (χ1) is 11.5. The number of aromatic nitrogens is 4. The summed E-state index contributed by atoms with van der Waals surface area (Å²) in [6.07, 6.45) is 0. The lowest BCUT2D eigenvalue weighted by atomic mass is 10.0. The van der Waals surface area contributed by atoms with Gasteiger partial charge in [0, 0.05) is 51.2 Å². The zero-order chi connectivity index (χ0) is 17.3. The van der Waals surface area contributed by atoms with Gasteiger partial charge >= 0.3 is 0 Å². The highest BCUT2D eigenvalue weighted by Crippen LogP contribution is 2.27. The normalized spacial score (nSPS) is 14.8. The first-order valence-corrected chi connectivity index (χ1v) is 8.29. The Kier molecular flexibility index (Phi) is 4.76. The van der Waals surface area contributed by atoms with Gasteiger partial charge in [-0.25, -0.2) is 9.97 Å². The molecule has 130 valence electrons. The van der Waals surface area contributed by atoms with Crippen LogP contribution in [0.3, 0.4) is 0 Å².